The Morgan fingerprint density at radius 3 is 2.35 bits per heavy atom. The molecule has 1 unspecified atom stereocenters. The average Bonchev–Trinajstić information content (AvgIpc) is 2.45. The second-order valence-corrected chi connectivity index (χ2v) is 6.45. The third kappa shape index (κ3) is 5.11. The Morgan fingerprint density at radius 2 is 1.85 bits per heavy atom. The van der Waals surface area contributed by atoms with Gasteiger partial charge in [-0.3, -0.25) is 0 Å². The predicted octanol–water partition coefficient (Wildman–Crippen LogP) is 1.95. The van der Waals surface area contributed by atoms with Crippen molar-refractivity contribution < 1.29 is 13.5 Å². The minimum atomic E-state index is -3.40. The summed E-state index contributed by atoms with van der Waals surface area (Å²) in [5.74, 6) is 0. The fourth-order valence-corrected chi connectivity index (χ4v) is 2.95. The Hall–Kier alpha value is -1.11. The van der Waals surface area contributed by atoms with E-state index in [0.29, 0.717) is 13.0 Å². The van der Waals surface area contributed by atoms with Gasteiger partial charge >= 0.3 is 0 Å². The lowest BCUT2D eigenvalue weighted by Gasteiger charge is -2.17. The molecule has 0 bridgehead atoms. The van der Waals surface area contributed by atoms with Gasteiger partial charge in [-0.2, -0.15) is 0 Å². The molecule has 0 spiro atoms. The molecule has 1 aromatic carbocycles. The monoisotopic (exact) mass is 300 g/mol. The first-order chi connectivity index (χ1) is 9.53. The summed E-state index contributed by atoms with van der Waals surface area (Å²) >= 11 is 0. The SMILES string of the molecule is CCCNS(=O)(=O)c1ccc(NC(CC)CCO)cc1. The second-order valence-electron chi connectivity index (χ2n) is 4.68. The van der Waals surface area contributed by atoms with Gasteiger partial charge in [0.25, 0.3) is 0 Å². The van der Waals surface area contributed by atoms with Gasteiger partial charge in [-0.1, -0.05) is 13.8 Å². The predicted molar refractivity (Wildman–Crippen MR) is 81.3 cm³/mol. The second kappa shape index (κ2) is 8.24. The van der Waals surface area contributed by atoms with Crippen LogP contribution in [0.15, 0.2) is 29.2 Å². The van der Waals surface area contributed by atoms with E-state index in [-0.39, 0.29) is 17.5 Å². The summed E-state index contributed by atoms with van der Waals surface area (Å²) in [5, 5.41) is 12.2. The Kier molecular flexibility index (Phi) is 6.98. The number of rotatable bonds is 9. The summed E-state index contributed by atoms with van der Waals surface area (Å²) in [7, 11) is -3.40. The van der Waals surface area contributed by atoms with Crippen LogP contribution in [-0.4, -0.2) is 32.7 Å². The zero-order valence-corrected chi connectivity index (χ0v) is 12.9. The molecule has 114 valence electrons. The summed E-state index contributed by atoms with van der Waals surface area (Å²) in [5.41, 5.74) is 0.861. The quantitative estimate of drug-likeness (QED) is 0.651. The van der Waals surface area contributed by atoms with E-state index in [1.807, 2.05) is 13.8 Å². The van der Waals surface area contributed by atoms with Crippen molar-refractivity contribution >= 4 is 15.7 Å². The molecule has 1 rings (SSSR count). The van der Waals surface area contributed by atoms with Crippen molar-refractivity contribution in [2.75, 3.05) is 18.5 Å². The van der Waals surface area contributed by atoms with Gasteiger partial charge in [0.05, 0.1) is 4.90 Å². The van der Waals surface area contributed by atoms with E-state index >= 15 is 0 Å². The number of benzene rings is 1. The molecule has 0 heterocycles. The fourth-order valence-electron chi connectivity index (χ4n) is 1.82. The largest absolute Gasteiger partial charge is 0.396 e. The van der Waals surface area contributed by atoms with E-state index in [1.165, 1.54) is 0 Å². The number of hydrogen-bond donors (Lipinski definition) is 3. The third-order valence-electron chi connectivity index (χ3n) is 3.05. The number of anilines is 1. The first kappa shape index (κ1) is 16.9. The lowest BCUT2D eigenvalue weighted by Crippen LogP contribution is -2.24. The van der Waals surface area contributed by atoms with Crippen LogP contribution in [0.4, 0.5) is 5.69 Å². The number of hydrogen-bond acceptors (Lipinski definition) is 4. The minimum absolute atomic E-state index is 0.138. The first-order valence-corrected chi connectivity index (χ1v) is 8.49. The van der Waals surface area contributed by atoms with E-state index in [4.69, 9.17) is 5.11 Å². The van der Waals surface area contributed by atoms with Crippen LogP contribution in [0.1, 0.15) is 33.1 Å². The van der Waals surface area contributed by atoms with Crippen molar-refractivity contribution in [2.24, 2.45) is 0 Å². The molecule has 6 heteroatoms. The molecule has 0 aliphatic carbocycles. The van der Waals surface area contributed by atoms with E-state index in [9.17, 15) is 8.42 Å². The Bertz CT molecular complexity index is 486. The maximum Gasteiger partial charge on any atom is 0.240 e. The smallest absolute Gasteiger partial charge is 0.240 e. The highest BCUT2D eigenvalue weighted by atomic mass is 32.2. The van der Waals surface area contributed by atoms with E-state index in [0.717, 1.165) is 18.5 Å². The van der Waals surface area contributed by atoms with Crippen molar-refractivity contribution in [3.8, 4) is 0 Å². The van der Waals surface area contributed by atoms with E-state index < -0.39 is 10.0 Å². The maximum atomic E-state index is 11.9. The van der Waals surface area contributed by atoms with Crippen molar-refractivity contribution in [3.63, 3.8) is 0 Å². The zero-order valence-electron chi connectivity index (χ0n) is 12.1. The summed E-state index contributed by atoms with van der Waals surface area (Å²) in [6.45, 7) is 4.54. The molecular formula is C14H24N2O3S. The summed E-state index contributed by atoms with van der Waals surface area (Å²) in [6, 6.07) is 6.87. The van der Waals surface area contributed by atoms with Gasteiger partial charge in [0.1, 0.15) is 0 Å². The number of aliphatic hydroxyl groups excluding tert-OH is 1. The molecule has 0 aliphatic rings. The molecule has 0 saturated carbocycles. The molecule has 1 atom stereocenters. The van der Waals surface area contributed by atoms with Crippen LogP contribution in [0.3, 0.4) is 0 Å². The molecule has 3 N–H and O–H groups in total. The van der Waals surface area contributed by atoms with Crippen LogP contribution in [-0.2, 0) is 10.0 Å². The average molecular weight is 300 g/mol. The maximum absolute atomic E-state index is 11.9. The van der Waals surface area contributed by atoms with Gasteiger partial charge in [0.2, 0.25) is 10.0 Å². The topological polar surface area (TPSA) is 78.4 Å². The molecule has 0 radical (unpaired) electrons. The van der Waals surface area contributed by atoms with Crippen LogP contribution in [0.5, 0.6) is 0 Å². The number of nitrogens with one attached hydrogen (secondary N) is 2. The van der Waals surface area contributed by atoms with Gasteiger partial charge in [0.15, 0.2) is 0 Å². The van der Waals surface area contributed by atoms with Gasteiger partial charge in [0, 0.05) is 24.9 Å². The molecule has 20 heavy (non-hydrogen) atoms. The Morgan fingerprint density at radius 1 is 1.20 bits per heavy atom. The van der Waals surface area contributed by atoms with Crippen LogP contribution in [0.25, 0.3) is 0 Å². The van der Waals surface area contributed by atoms with Gasteiger partial charge in [-0.25, -0.2) is 13.1 Å². The number of sulfonamides is 1. The highest BCUT2D eigenvalue weighted by molar-refractivity contribution is 7.89. The summed E-state index contributed by atoms with van der Waals surface area (Å²) in [6.07, 6.45) is 2.34. The molecule has 0 fully saturated rings. The van der Waals surface area contributed by atoms with E-state index in [2.05, 4.69) is 10.0 Å². The van der Waals surface area contributed by atoms with Gasteiger partial charge in [-0.15, -0.1) is 0 Å². The van der Waals surface area contributed by atoms with Crippen molar-refractivity contribution in [1.82, 2.24) is 4.72 Å². The summed E-state index contributed by atoms with van der Waals surface area (Å²) in [4.78, 5) is 0.270. The molecule has 0 saturated heterocycles. The van der Waals surface area contributed by atoms with Crippen LogP contribution in [0, 0.1) is 0 Å². The lowest BCUT2D eigenvalue weighted by atomic mass is 10.1. The molecule has 1 aromatic rings. The summed E-state index contributed by atoms with van der Waals surface area (Å²) < 4.78 is 26.4. The Labute approximate surface area is 121 Å². The molecule has 0 aliphatic heterocycles. The van der Waals surface area contributed by atoms with Crippen LogP contribution < -0.4 is 10.0 Å². The van der Waals surface area contributed by atoms with Gasteiger partial charge < -0.3 is 10.4 Å². The normalized spacial score (nSPS) is 13.2. The fraction of sp³-hybridized carbons (Fsp3) is 0.571. The molecule has 0 amide bonds. The minimum Gasteiger partial charge on any atom is -0.396 e. The zero-order chi connectivity index (χ0) is 15.0. The van der Waals surface area contributed by atoms with Crippen molar-refractivity contribution in [1.29, 1.82) is 0 Å². The molecular weight excluding hydrogens is 276 g/mol. The lowest BCUT2D eigenvalue weighted by molar-refractivity contribution is 0.278. The van der Waals surface area contributed by atoms with Crippen molar-refractivity contribution in [3.05, 3.63) is 24.3 Å². The standard InChI is InChI=1S/C14H24N2O3S/c1-3-10-15-20(18,19)14-7-5-13(6-8-14)16-12(4-2)9-11-17/h5-8,12,15-17H,3-4,9-11H2,1-2H3. The van der Waals surface area contributed by atoms with Gasteiger partial charge in [-0.05, 0) is 43.5 Å². The van der Waals surface area contributed by atoms with E-state index in [1.54, 1.807) is 24.3 Å². The number of aliphatic hydroxyl groups is 1. The van der Waals surface area contributed by atoms with Crippen LogP contribution in [0.2, 0.25) is 0 Å². The highest BCUT2D eigenvalue weighted by Gasteiger charge is 2.13. The van der Waals surface area contributed by atoms with Crippen LogP contribution >= 0.6 is 0 Å². The first-order valence-electron chi connectivity index (χ1n) is 7.00. The highest BCUT2D eigenvalue weighted by Crippen LogP contribution is 2.16. The molecule has 5 nitrogen and oxygen atoms in total. The van der Waals surface area contributed by atoms with Crippen molar-refractivity contribution in [2.45, 2.75) is 44.0 Å². The third-order valence-corrected chi connectivity index (χ3v) is 4.52. The molecule has 0 aromatic heterocycles. The Balaban J connectivity index is 2.73.